The van der Waals surface area contributed by atoms with Gasteiger partial charge in [-0.1, -0.05) is 22.0 Å². The van der Waals surface area contributed by atoms with Gasteiger partial charge in [0, 0.05) is 17.1 Å². The van der Waals surface area contributed by atoms with E-state index in [4.69, 9.17) is 0 Å². The van der Waals surface area contributed by atoms with Crippen LogP contribution in [0, 0.1) is 6.92 Å². The molecule has 0 aliphatic heterocycles. The molecule has 2 rings (SSSR count). The number of halogens is 1. The fourth-order valence-electron chi connectivity index (χ4n) is 1.62. The Morgan fingerprint density at radius 2 is 1.95 bits per heavy atom. The molecule has 0 aliphatic carbocycles. The molecule has 7 heteroatoms. The van der Waals surface area contributed by atoms with Crippen molar-refractivity contribution in [3.8, 4) is 0 Å². The van der Waals surface area contributed by atoms with Crippen LogP contribution in [0.4, 0.5) is 11.6 Å². The van der Waals surface area contributed by atoms with E-state index >= 15 is 0 Å². The quantitative estimate of drug-likeness (QED) is 0.747. The third kappa shape index (κ3) is 3.31. The molecule has 0 bridgehead atoms. The molecule has 0 saturated heterocycles. The van der Waals surface area contributed by atoms with Crippen molar-refractivity contribution in [3.63, 3.8) is 0 Å². The van der Waals surface area contributed by atoms with Gasteiger partial charge in [-0.05, 0) is 24.6 Å². The molecule has 1 aromatic carbocycles. The van der Waals surface area contributed by atoms with Crippen LogP contribution in [0.5, 0.6) is 0 Å². The maximum absolute atomic E-state index is 12.2. The Labute approximate surface area is 125 Å². The van der Waals surface area contributed by atoms with Gasteiger partial charge in [-0.25, -0.2) is 15.4 Å². The number of anilines is 2. The summed E-state index contributed by atoms with van der Waals surface area (Å²) in [7, 11) is 1.72. The number of carbonyl (C=O) groups excluding carboxylic acids is 1. The lowest BCUT2D eigenvalue weighted by molar-refractivity contribution is 0.102. The van der Waals surface area contributed by atoms with Crippen molar-refractivity contribution < 1.29 is 4.79 Å². The van der Waals surface area contributed by atoms with Gasteiger partial charge in [0.05, 0.1) is 18.1 Å². The zero-order valence-corrected chi connectivity index (χ0v) is 12.7. The van der Waals surface area contributed by atoms with Crippen LogP contribution in [0.2, 0.25) is 0 Å². The van der Waals surface area contributed by atoms with Crippen molar-refractivity contribution in [1.82, 2.24) is 15.4 Å². The van der Waals surface area contributed by atoms with Gasteiger partial charge in [0.2, 0.25) is 5.95 Å². The zero-order valence-electron chi connectivity index (χ0n) is 11.1. The van der Waals surface area contributed by atoms with E-state index in [1.807, 2.05) is 19.1 Å². The fraction of sp³-hybridized carbons (Fsp3) is 0.154. The van der Waals surface area contributed by atoms with E-state index in [9.17, 15) is 4.79 Å². The van der Waals surface area contributed by atoms with E-state index in [-0.39, 0.29) is 5.91 Å². The van der Waals surface area contributed by atoms with Gasteiger partial charge in [-0.2, -0.15) is 0 Å². The molecule has 0 aliphatic rings. The number of carbonyl (C=O) groups is 1. The van der Waals surface area contributed by atoms with Crippen LogP contribution >= 0.6 is 15.9 Å². The second-order valence-corrected chi connectivity index (χ2v) is 4.89. The third-order valence-corrected chi connectivity index (χ3v) is 3.52. The summed E-state index contributed by atoms with van der Waals surface area (Å²) in [5.41, 5.74) is 7.50. The number of hydrogen-bond acceptors (Lipinski definition) is 5. The average Bonchev–Trinajstić information content (AvgIpc) is 2.44. The molecule has 20 heavy (non-hydrogen) atoms. The van der Waals surface area contributed by atoms with Gasteiger partial charge >= 0.3 is 0 Å². The first kappa shape index (κ1) is 14.4. The highest BCUT2D eigenvalue weighted by Gasteiger charge is 2.11. The third-order valence-electron chi connectivity index (χ3n) is 2.66. The van der Waals surface area contributed by atoms with Crippen LogP contribution in [0.25, 0.3) is 0 Å². The highest BCUT2D eigenvalue weighted by atomic mass is 79.9. The summed E-state index contributed by atoms with van der Waals surface area (Å²) in [5, 5.41) is 2.76. The van der Waals surface area contributed by atoms with Crippen LogP contribution < -0.4 is 16.2 Å². The average molecular weight is 336 g/mol. The number of aromatic nitrogens is 2. The predicted molar refractivity (Wildman–Crippen MR) is 81.5 cm³/mol. The van der Waals surface area contributed by atoms with E-state index in [2.05, 4.69) is 42.1 Å². The van der Waals surface area contributed by atoms with Crippen LogP contribution in [0.15, 0.2) is 35.1 Å². The van der Waals surface area contributed by atoms with Crippen LogP contribution in [0.3, 0.4) is 0 Å². The zero-order chi connectivity index (χ0) is 14.5. The number of nitrogens with zero attached hydrogens (tertiary/aromatic N) is 2. The molecule has 0 radical (unpaired) electrons. The molecule has 0 atom stereocenters. The Morgan fingerprint density at radius 3 is 2.60 bits per heavy atom. The molecule has 1 amide bonds. The molecule has 1 aromatic heterocycles. The lowest BCUT2D eigenvalue weighted by atomic mass is 10.1. The Kier molecular flexibility index (Phi) is 4.65. The Bertz CT molecular complexity index is 615. The van der Waals surface area contributed by atoms with E-state index in [0.717, 1.165) is 10.0 Å². The van der Waals surface area contributed by atoms with Crippen molar-refractivity contribution in [2.75, 3.05) is 17.8 Å². The molecule has 3 N–H and O–H groups in total. The van der Waals surface area contributed by atoms with Gasteiger partial charge in [-0.15, -0.1) is 0 Å². The van der Waals surface area contributed by atoms with E-state index in [1.165, 1.54) is 12.4 Å². The number of hydrazine groups is 1. The van der Waals surface area contributed by atoms with Crippen molar-refractivity contribution in [2.45, 2.75) is 6.92 Å². The lowest BCUT2D eigenvalue weighted by Gasteiger charge is -2.09. The van der Waals surface area contributed by atoms with Crippen LogP contribution in [-0.4, -0.2) is 22.9 Å². The summed E-state index contributed by atoms with van der Waals surface area (Å²) in [4.78, 5) is 20.3. The molecule has 0 fully saturated rings. The molecular formula is C13H14BrN5O. The SMILES string of the molecule is CNNc1ncc(NC(=O)c2cccc(Br)c2C)cn1. The Morgan fingerprint density at radius 1 is 1.25 bits per heavy atom. The summed E-state index contributed by atoms with van der Waals surface area (Å²) in [5.74, 6) is 0.242. The van der Waals surface area contributed by atoms with Gasteiger partial charge in [0.25, 0.3) is 5.91 Å². The summed E-state index contributed by atoms with van der Waals surface area (Å²) in [6.07, 6.45) is 3.08. The summed E-state index contributed by atoms with van der Waals surface area (Å²) >= 11 is 3.41. The first-order valence-electron chi connectivity index (χ1n) is 5.93. The number of rotatable bonds is 4. The van der Waals surface area contributed by atoms with E-state index in [0.29, 0.717) is 17.2 Å². The van der Waals surface area contributed by atoms with Gasteiger partial charge < -0.3 is 5.32 Å². The van der Waals surface area contributed by atoms with Crippen molar-refractivity contribution in [2.24, 2.45) is 0 Å². The highest BCUT2D eigenvalue weighted by Crippen LogP contribution is 2.20. The minimum absolute atomic E-state index is 0.193. The smallest absolute Gasteiger partial charge is 0.256 e. The van der Waals surface area contributed by atoms with Crippen molar-refractivity contribution in [3.05, 3.63) is 46.2 Å². The molecular weight excluding hydrogens is 322 g/mol. The monoisotopic (exact) mass is 335 g/mol. The molecule has 6 nitrogen and oxygen atoms in total. The summed E-state index contributed by atoms with van der Waals surface area (Å²) in [6.45, 7) is 1.88. The van der Waals surface area contributed by atoms with Gasteiger partial charge in [0.1, 0.15) is 0 Å². The Balaban J connectivity index is 2.13. The van der Waals surface area contributed by atoms with Crippen LogP contribution in [0.1, 0.15) is 15.9 Å². The molecule has 1 heterocycles. The van der Waals surface area contributed by atoms with E-state index < -0.39 is 0 Å². The fourth-order valence-corrected chi connectivity index (χ4v) is 1.99. The minimum atomic E-state index is -0.193. The second kappa shape index (κ2) is 6.44. The first-order chi connectivity index (χ1) is 9.61. The molecule has 0 spiro atoms. The number of nitrogens with one attached hydrogen (secondary N) is 3. The number of amides is 1. The maximum atomic E-state index is 12.2. The van der Waals surface area contributed by atoms with Crippen LogP contribution in [-0.2, 0) is 0 Å². The van der Waals surface area contributed by atoms with Gasteiger partial charge in [-0.3, -0.25) is 10.2 Å². The minimum Gasteiger partial charge on any atom is -0.319 e. The van der Waals surface area contributed by atoms with Gasteiger partial charge in [0.15, 0.2) is 0 Å². The van der Waals surface area contributed by atoms with Crippen molar-refractivity contribution in [1.29, 1.82) is 0 Å². The standard InChI is InChI=1S/C13H14BrN5O/c1-8-10(4-3-5-11(8)14)12(20)18-9-6-16-13(17-7-9)19-15-2/h3-7,15H,1-2H3,(H,18,20)(H,16,17,19). The maximum Gasteiger partial charge on any atom is 0.256 e. The number of hydrogen-bond donors (Lipinski definition) is 3. The summed E-state index contributed by atoms with van der Waals surface area (Å²) < 4.78 is 0.898. The predicted octanol–water partition coefficient (Wildman–Crippen LogP) is 2.35. The molecule has 0 saturated carbocycles. The normalized spacial score (nSPS) is 10.2. The Hall–Kier alpha value is -1.99. The molecule has 2 aromatic rings. The summed E-state index contributed by atoms with van der Waals surface area (Å²) in [6, 6.07) is 5.49. The molecule has 104 valence electrons. The molecule has 0 unspecified atom stereocenters. The highest BCUT2D eigenvalue weighted by molar-refractivity contribution is 9.10. The second-order valence-electron chi connectivity index (χ2n) is 4.04. The first-order valence-corrected chi connectivity index (χ1v) is 6.72. The topological polar surface area (TPSA) is 78.9 Å². The number of benzene rings is 1. The largest absolute Gasteiger partial charge is 0.319 e. The van der Waals surface area contributed by atoms with E-state index in [1.54, 1.807) is 13.1 Å². The lowest BCUT2D eigenvalue weighted by Crippen LogP contribution is -2.18. The van der Waals surface area contributed by atoms with Crippen molar-refractivity contribution >= 4 is 33.5 Å².